The van der Waals surface area contributed by atoms with Crippen molar-refractivity contribution in [3.05, 3.63) is 58.9 Å². The second-order valence-corrected chi connectivity index (χ2v) is 5.07. The second kappa shape index (κ2) is 6.59. The van der Waals surface area contributed by atoms with Crippen LogP contribution in [0.2, 0.25) is 0 Å². The third kappa shape index (κ3) is 3.73. The summed E-state index contributed by atoms with van der Waals surface area (Å²) < 4.78 is 24.2. The van der Waals surface area contributed by atoms with Gasteiger partial charge in [0, 0.05) is 6.04 Å². The van der Waals surface area contributed by atoms with Gasteiger partial charge in [-0.05, 0) is 48.7 Å². The molecule has 2 N–H and O–H groups in total. The van der Waals surface area contributed by atoms with E-state index in [1.54, 1.807) is 12.1 Å². The van der Waals surface area contributed by atoms with E-state index in [-0.39, 0.29) is 17.6 Å². The van der Waals surface area contributed by atoms with Gasteiger partial charge >= 0.3 is 0 Å². The molecule has 0 saturated heterocycles. The summed E-state index contributed by atoms with van der Waals surface area (Å²) in [5, 5.41) is 0. The SMILES string of the molecule is COc1ccc(COc2ccc([C@H](C)N)cc2C)cc1F. The Morgan fingerprint density at radius 2 is 1.86 bits per heavy atom. The van der Waals surface area contributed by atoms with E-state index in [0.29, 0.717) is 6.61 Å². The van der Waals surface area contributed by atoms with Crippen LogP contribution < -0.4 is 15.2 Å². The molecule has 0 bridgehead atoms. The average molecular weight is 289 g/mol. The minimum Gasteiger partial charge on any atom is -0.494 e. The third-order valence-electron chi connectivity index (χ3n) is 3.34. The van der Waals surface area contributed by atoms with Crippen LogP contribution in [0.1, 0.15) is 29.7 Å². The summed E-state index contributed by atoms with van der Waals surface area (Å²) in [7, 11) is 1.44. The number of halogens is 1. The summed E-state index contributed by atoms with van der Waals surface area (Å²) in [6.07, 6.45) is 0. The van der Waals surface area contributed by atoms with Crippen molar-refractivity contribution in [1.82, 2.24) is 0 Å². The molecular weight excluding hydrogens is 269 g/mol. The molecule has 112 valence electrons. The minimum absolute atomic E-state index is 0.00608. The van der Waals surface area contributed by atoms with Crippen LogP contribution in [0.5, 0.6) is 11.5 Å². The molecule has 3 nitrogen and oxygen atoms in total. The van der Waals surface area contributed by atoms with Gasteiger partial charge in [-0.3, -0.25) is 0 Å². The lowest BCUT2D eigenvalue weighted by atomic mass is 10.1. The number of rotatable bonds is 5. The van der Waals surface area contributed by atoms with Gasteiger partial charge in [0.25, 0.3) is 0 Å². The molecule has 21 heavy (non-hydrogen) atoms. The fourth-order valence-electron chi connectivity index (χ4n) is 2.08. The monoisotopic (exact) mass is 289 g/mol. The zero-order chi connectivity index (χ0) is 15.4. The number of benzene rings is 2. The molecule has 0 saturated carbocycles. The Hall–Kier alpha value is -2.07. The molecular formula is C17H20FNO2. The van der Waals surface area contributed by atoms with E-state index in [4.69, 9.17) is 15.2 Å². The van der Waals surface area contributed by atoms with Gasteiger partial charge in [-0.2, -0.15) is 0 Å². The molecule has 0 aliphatic carbocycles. The highest BCUT2D eigenvalue weighted by Crippen LogP contribution is 2.24. The van der Waals surface area contributed by atoms with Crippen molar-refractivity contribution in [3.8, 4) is 11.5 Å². The van der Waals surface area contributed by atoms with Gasteiger partial charge in [0.15, 0.2) is 11.6 Å². The molecule has 0 heterocycles. The van der Waals surface area contributed by atoms with E-state index >= 15 is 0 Å². The van der Waals surface area contributed by atoms with Gasteiger partial charge in [0.2, 0.25) is 0 Å². The molecule has 0 radical (unpaired) electrons. The lowest BCUT2D eigenvalue weighted by molar-refractivity contribution is 0.302. The maximum atomic E-state index is 13.6. The van der Waals surface area contributed by atoms with Crippen molar-refractivity contribution in [2.24, 2.45) is 5.73 Å². The molecule has 0 amide bonds. The highest BCUT2D eigenvalue weighted by Gasteiger charge is 2.07. The minimum atomic E-state index is -0.386. The molecule has 2 aromatic carbocycles. The first-order valence-electron chi connectivity index (χ1n) is 6.82. The molecule has 0 aliphatic rings. The van der Waals surface area contributed by atoms with Crippen molar-refractivity contribution < 1.29 is 13.9 Å². The molecule has 0 unspecified atom stereocenters. The van der Waals surface area contributed by atoms with Gasteiger partial charge in [-0.15, -0.1) is 0 Å². The van der Waals surface area contributed by atoms with E-state index in [0.717, 1.165) is 22.4 Å². The first-order chi connectivity index (χ1) is 10.0. The molecule has 2 rings (SSSR count). The Bertz CT molecular complexity index is 626. The summed E-state index contributed by atoms with van der Waals surface area (Å²) in [5.41, 5.74) is 8.68. The fraction of sp³-hybridized carbons (Fsp3) is 0.294. The quantitative estimate of drug-likeness (QED) is 0.912. The fourth-order valence-corrected chi connectivity index (χ4v) is 2.08. The maximum Gasteiger partial charge on any atom is 0.165 e. The predicted molar refractivity (Wildman–Crippen MR) is 81.1 cm³/mol. The third-order valence-corrected chi connectivity index (χ3v) is 3.34. The summed E-state index contributed by atoms with van der Waals surface area (Å²) in [4.78, 5) is 0. The van der Waals surface area contributed by atoms with Crippen LogP contribution in [-0.2, 0) is 6.61 Å². The Labute approximate surface area is 124 Å². The Morgan fingerprint density at radius 1 is 1.14 bits per heavy atom. The van der Waals surface area contributed by atoms with Crippen molar-refractivity contribution >= 4 is 0 Å². The zero-order valence-electron chi connectivity index (χ0n) is 12.5. The van der Waals surface area contributed by atoms with E-state index in [9.17, 15) is 4.39 Å². The molecule has 0 aliphatic heterocycles. The normalized spacial score (nSPS) is 12.0. The molecule has 0 fully saturated rings. The lowest BCUT2D eigenvalue weighted by Gasteiger charge is -2.13. The van der Waals surface area contributed by atoms with E-state index in [2.05, 4.69) is 0 Å². The first kappa shape index (κ1) is 15.3. The van der Waals surface area contributed by atoms with Crippen LogP contribution in [0.3, 0.4) is 0 Å². The highest BCUT2D eigenvalue weighted by molar-refractivity contribution is 5.37. The average Bonchev–Trinajstić information content (AvgIpc) is 2.46. The van der Waals surface area contributed by atoms with Gasteiger partial charge in [0.05, 0.1) is 7.11 Å². The van der Waals surface area contributed by atoms with Gasteiger partial charge in [-0.1, -0.05) is 18.2 Å². The molecule has 4 heteroatoms. The van der Waals surface area contributed by atoms with Gasteiger partial charge in [-0.25, -0.2) is 4.39 Å². The van der Waals surface area contributed by atoms with Gasteiger partial charge < -0.3 is 15.2 Å². The van der Waals surface area contributed by atoms with Crippen molar-refractivity contribution in [2.45, 2.75) is 26.5 Å². The smallest absolute Gasteiger partial charge is 0.165 e. The van der Waals surface area contributed by atoms with Crippen LogP contribution in [0.4, 0.5) is 4.39 Å². The Balaban J connectivity index is 2.08. The van der Waals surface area contributed by atoms with Crippen molar-refractivity contribution in [1.29, 1.82) is 0 Å². The number of hydrogen-bond acceptors (Lipinski definition) is 3. The number of aryl methyl sites for hydroxylation is 1. The Kier molecular flexibility index (Phi) is 4.81. The topological polar surface area (TPSA) is 44.5 Å². The largest absolute Gasteiger partial charge is 0.494 e. The van der Waals surface area contributed by atoms with Crippen LogP contribution in [0.15, 0.2) is 36.4 Å². The standard InChI is InChI=1S/C17H20FNO2/c1-11-8-14(12(2)19)5-7-16(11)21-10-13-4-6-17(20-3)15(18)9-13/h4-9,12H,10,19H2,1-3H3/t12-/m0/s1. The summed E-state index contributed by atoms with van der Waals surface area (Å²) in [6, 6.07) is 10.6. The maximum absolute atomic E-state index is 13.6. The molecule has 0 spiro atoms. The zero-order valence-corrected chi connectivity index (χ0v) is 12.5. The van der Waals surface area contributed by atoms with Crippen molar-refractivity contribution in [2.75, 3.05) is 7.11 Å². The summed E-state index contributed by atoms with van der Waals surface area (Å²) in [5.74, 6) is 0.620. The molecule has 1 atom stereocenters. The number of hydrogen-bond donors (Lipinski definition) is 1. The first-order valence-corrected chi connectivity index (χ1v) is 6.82. The molecule has 2 aromatic rings. The predicted octanol–water partition coefficient (Wildman–Crippen LogP) is 3.74. The molecule has 0 aromatic heterocycles. The van der Waals surface area contributed by atoms with Gasteiger partial charge in [0.1, 0.15) is 12.4 Å². The summed E-state index contributed by atoms with van der Waals surface area (Å²) >= 11 is 0. The van der Waals surface area contributed by atoms with E-state index < -0.39 is 0 Å². The van der Waals surface area contributed by atoms with Crippen LogP contribution in [0.25, 0.3) is 0 Å². The second-order valence-electron chi connectivity index (χ2n) is 5.07. The number of ether oxygens (including phenoxy) is 2. The number of methoxy groups -OCH3 is 1. The number of nitrogens with two attached hydrogens (primary N) is 1. The van der Waals surface area contributed by atoms with Crippen LogP contribution in [-0.4, -0.2) is 7.11 Å². The van der Waals surface area contributed by atoms with E-state index in [1.165, 1.54) is 13.2 Å². The van der Waals surface area contributed by atoms with Crippen LogP contribution in [0, 0.1) is 12.7 Å². The van der Waals surface area contributed by atoms with Crippen molar-refractivity contribution in [3.63, 3.8) is 0 Å². The summed E-state index contributed by atoms with van der Waals surface area (Å²) in [6.45, 7) is 4.21. The lowest BCUT2D eigenvalue weighted by Crippen LogP contribution is -2.05. The Morgan fingerprint density at radius 3 is 2.43 bits per heavy atom. The highest BCUT2D eigenvalue weighted by atomic mass is 19.1. The van der Waals surface area contributed by atoms with E-state index in [1.807, 2.05) is 32.0 Å². The van der Waals surface area contributed by atoms with Crippen LogP contribution >= 0.6 is 0 Å².